The van der Waals surface area contributed by atoms with Crippen molar-refractivity contribution in [3.8, 4) is 17.0 Å². The van der Waals surface area contributed by atoms with E-state index in [1.165, 1.54) is 12.7 Å². The maximum atomic E-state index is 11.8. The second-order valence-electron chi connectivity index (χ2n) is 4.98. The Hall–Kier alpha value is -2.30. The molecule has 0 saturated carbocycles. The van der Waals surface area contributed by atoms with Crippen LogP contribution in [0, 0.1) is 0 Å². The highest BCUT2D eigenvalue weighted by Gasteiger charge is 2.30. The summed E-state index contributed by atoms with van der Waals surface area (Å²) in [5.74, 6) is 0.670. The number of rotatable bonds is 2. The Balaban J connectivity index is 2.16. The highest BCUT2D eigenvalue weighted by atomic mass is 16.5. The molecule has 0 fully saturated rings. The van der Waals surface area contributed by atoms with E-state index >= 15 is 0 Å². The minimum absolute atomic E-state index is 0.206. The van der Waals surface area contributed by atoms with Gasteiger partial charge in [-0.25, -0.2) is 4.79 Å². The van der Waals surface area contributed by atoms with E-state index in [1.54, 1.807) is 7.11 Å². The third-order valence-corrected chi connectivity index (χ3v) is 3.78. The van der Waals surface area contributed by atoms with E-state index in [0.29, 0.717) is 5.69 Å². The number of hydrogen-bond donors (Lipinski definition) is 1. The number of hydrogen-bond acceptors (Lipinski definition) is 4. The fraction of sp³-hybridized carbons (Fsp3) is 0.333. The molecule has 0 bridgehead atoms. The van der Waals surface area contributed by atoms with E-state index in [4.69, 9.17) is 9.47 Å². The maximum Gasteiger partial charge on any atom is 0.356 e. The quantitative estimate of drug-likeness (QED) is 0.853. The van der Waals surface area contributed by atoms with Gasteiger partial charge in [0.1, 0.15) is 11.4 Å². The lowest BCUT2D eigenvalue weighted by molar-refractivity contribution is 0.0592. The van der Waals surface area contributed by atoms with E-state index in [9.17, 15) is 4.79 Å². The predicted molar refractivity (Wildman–Crippen MR) is 74.0 cm³/mol. The van der Waals surface area contributed by atoms with Crippen LogP contribution in [0.15, 0.2) is 18.2 Å². The monoisotopic (exact) mass is 272 g/mol. The fourth-order valence-corrected chi connectivity index (χ4v) is 2.82. The van der Waals surface area contributed by atoms with Gasteiger partial charge in [0.15, 0.2) is 0 Å². The van der Waals surface area contributed by atoms with Gasteiger partial charge >= 0.3 is 5.97 Å². The fourth-order valence-electron chi connectivity index (χ4n) is 2.82. The van der Waals surface area contributed by atoms with Crippen LogP contribution in [0.4, 0.5) is 0 Å². The standard InChI is InChI=1S/C15H16N2O3/c1-8-6-9-7-10(19-2)4-5-11(9)13-12(8)14(17-16-13)15(18)20-3/h4-5,7-8H,6H2,1-3H3,(H,16,17). The van der Waals surface area contributed by atoms with Crippen molar-refractivity contribution in [3.63, 3.8) is 0 Å². The van der Waals surface area contributed by atoms with Gasteiger partial charge in [0.05, 0.1) is 19.9 Å². The number of carbonyl (C=O) groups is 1. The number of aromatic nitrogens is 2. The lowest BCUT2D eigenvalue weighted by Gasteiger charge is -2.22. The van der Waals surface area contributed by atoms with E-state index in [1.807, 2.05) is 18.2 Å². The molecule has 0 radical (unpaired) electrons. The minimum Gasteiger partial charge on any atom is -0.497 e. The summed E-state index contributed by atoms with van der Waals surface area (Å²) in [4.78, 5) is 11.8. The molecule has 0 spiro atoms. The van der Waals surface area contributed by atoms with Gasteiger partial charge in [-0.1, -0.05) is 6.92 Å². The first-order chi connectivity index (χ1) is 9.65. The predicted octanol–water partition coefficient (Wildman–Crippen LogP) is 2.53. The highest BCUT2D eigenvalue weighted by Crippen LogP contribution is 2.41. The average molecular weight is 272 g/mol. The van der Waals surface area contributed by atoms with E-state index in [0.717, 1.165) is 29.0 Å². The largest absolute Gasteiger partial charge is 0.497 e. The Labute approximate surface area is 116 Å². The van der Waals surface area contributed by atoms with E-state index in [2.05, 4.69) is 17.1 Å². The van der Waals surface area contributed by atoms with Crippen LogP contribution in [0.3, 0.4) is 0 Å². The molecule has 1 N–H and O–H groups in total. The number of nitrogens with zero attached hydrogens (tertiary/aromatic N) is 1. The summed E-state index contributed by atoms with van der Waals surface area (Å²) in [5, 5.41) is 7.12. The van der Waals surface area contributed by atoms with Crippen LogP contribution in [0.2, 0.25) is 0 Å². The summed E-state index contributed by atoms with van der Waals surface area (Å²) in [7, 11) is 3.03. The van der Waals surface area contributed by atoms with Crippen molar-refractivity contribution in [1.82, 2.24) is 10.2 Å². The van der Waals surface area contributed by atoms with Crippen molar-refractivity contribution >= 4 is 5.97 Å². The third kappa shape index (κ3) is 1.78. The molecule has 1 unspecified atom stereocenters. The summed E-state index contributed by atoms with van der Waals surface area (Å²) in [6.07, 6.45) is 0.850. The van der Waals surface area contributed by atoms with Gasteiger partial charge < -0.3 is 9.47 Å². The van der Waals surface area contributed by atoms with Gasteiger partial charge in [-0.3, -0.25) is 5.10 Å². The van der Waals surface area contributed by atoms with Crippen molar-refractivity contribution in [2.24, 2.45) is 0 Å². The third-order valence-electron chi connectivity index (χ3n) is 3.78. The Bertz CT molecular complexity index is 676. The molecule has 0 aliphatic heterocycles. The van der Waals surface area contributed by atoms with Gasteiger partial charge in [0.2, 0.25) is 0 Å². The first kappa shape index (κ1) is 12.7. The van der Waals surface area contributed by atoms with Gasteiger partial charge in [-0.05, 0) is 36.1 Å². The van der Waals surface area contributed by atoms with Crippen molar-refractivity contribution in [3.05, 3.63) is 35.0 Å². The highest BCUT2D eigenvalue weighted by molar-refractivity contribution is 5.92. The van der Waals surface area contributed by atoms with E-state index < -0.39 is 0 Å². The van der Waals surface area contributed by atoms with Crippen LogP contribution in [-0.4, -0.2) is 30.4 Å². The summed E-state index contributed by atoms with van der Waals surface area (Å²) in [6.45, 7) is 2.09. The molecule has 2 aromatic rings. The summed E-state index contributed by atoms with van der Waals surface area (Å²) >= 11 is 0. The Morgan fingerprint density at radius 1 is 1.40 bits per heavy atom. The summed E-state index contributed by atoms with van der Waals surface area (Å²) < 4.78 is 10.1. The molecular weight excluding hydrogens is 256 g/mol. The van der Waals surface area contributed by atoms with Crippen LogP contribution < -0.4 is 4.74 Å². The maximum absolute atomic E-state index is 11.8. The normalized spacial score (nSPS) is 16.2. The summed E-state index contributed by atoms with van der Waals surface area (Å²) in [6, 6.07) is 5.92. The van der Waals surface area contributed by atoms with Crippen molar-refractivity contribution in [1.29, 1.82) is 0 Å². The van der Waals surface area contributed by atoms with Crippen LogP contribution in [-0.2, 0) is 11.2 Å². The van der Waals surface area contributed by atoms with Gasteiger partial charge in [-0.15, -0.1) is 0 Å². The van der Waals surface area contributed by atoms with Crippen molar-refractivity contribution < 1.29 is 14.3 Å². The number of carbonyl (C=O) groups excluding carboxylic acids is 1. The number of H-pyrrole nitrogens is 1. The van der Waals surface area contributed by atoms with E-state index in [-0.39, 0.29) is 11.9 Å². The first-order valence-corrected chi connectivity index (χ1v) is 6.49. The second kappa shape index (κ2) is 4.67. The molecule has 0 amide bonds. The summed E-state index contributed by atoms with van der Waals surface area (Å²) in [5.41, 5.74) is 4.46. The number of aromatic amines is 1. The average Bonchev–Trinajstić information content (AvgIpc) is 2.91. The molecule has 104 valence electrons. The van der Waals surface area contributed by atoms with Gasteiger partial charge in [0, 0.05) is 11.1 Å². The van der Waals surface area contributed by atoms with Crippen LogP contribution in [0.25, 0.3) is 11.3 Å². The number of esters is 1. The Morgan fingerprint density at radius 3 is 2.90 bits per heavy atom. The number of benzene rings is 1. The number of fused-ring (bicyclic) bond motifs is 3. The molecular formula is C15H16N2O3. The molecule has 1 heterocycles. The Kier molecular flexibility index (Phi) is 2.97. The molecule has 1 aromatic carbocycles. The molecule has 0 saturated heterocycles. The SMILES string of the molecule is COC(=O)c1[nH]nc2c1C(C)Cc1cc(OC)ccc1-2. The van der Waals surface area contributed by atoms with Gasteiger partial charge in [0.25, 0.3) is 0 Å². The zero-order valence-corrected chi connectivity index (χ0v) is 11.7. The number of methoxy groups -OCH3 is 2. The van der Waals surface area contributed by atoms with Crippen LogP contribution in [0.1, 0.15) is 34.5 Å². The lowest BCUT2D eigenvalue weighted by atomic mass is 9.82. The van der Waals surface area contributed by atoms with Crippen LogP contribution >= 0.6 is 0 Å². The molecule has 5 nitrogen and oxygen atoms in total. The molecule has 1 aromatic heterocycles. The van der Waals surface area contributed by atoms with Crippen molar-refractivity contribution in [2.45, 2.75) is 19.3 Å². The molecule has 1 aliphatic carbocycles. The Morgan fingerprint density at radius 2 is 2.20 bits per heavy atom. The molecule has 3 rings (SSSR count). The zero-order chi connectivity index (χ0) is 14.3. The zero-order valence-electron chi connectivity index (χ0n) is 11.7. The number of ether oxygens (including phenoxy) is 2. The second-order valence-corrected chi connectivity index (χ2v) is 4.98. The number of nitrogens with one attached hydrogen (secondary N) is 1. The topological polar surface area (TPSA) is 64.2 Å². The van der Waals surface area contributed by atoms with Crippen molar-refractivity contribution in [2.75, 3.05) is 14.2 Å². The molecule has 20 heavy (non-hydrogen) atoms. The molecule has 1 aliphatic rings. The van der Waals surface area contributed by atoms with Gasteiger partial charge in [-0.2, -0.15) is 5.10 Å². The molecule has 1 atom stereocenters. The lowest BCUT2D eigenvalue weighted by Crippen LogP contribution is -2.12. The first-order valence-electron chi connectivity index (χ1n) is 6.49. The molecule has 5 heteroatoms. The van der Waals surface area contributed by atoms with Crippen LogP contribution in [0.5, 0.6) is 5.75 Å². The smallest absolute Gasteiger partial charge is 0.356 e. The minimum atomic E-state index is -0.373.